The molecule has 0 unspecified atom stereocenters. The molecule has 84 valence electrons. The van der Waals surface area contributed by atoms with Gasteiger partial charge < -0.3 is 15.4 Å². The summed E-state index contributed by atoms with van der Waals surface area (Å²) in [6.45, 7) is 9.36. The standard InChI is InChI=1S/C10H22N2O2/c1-4-12-10(13)7-11-5-6-14-8-9(2)3/h9,11H,4-8H2,1-3H3,(H,12,13). The number of carbonyl (C=O) groups excluding carboxylic acids is 1. The van der Waals surface area contributed by atoms with Crippen LogP contribution in [-0.2, 0) is 9.53 Å². The van der Waals surface area contributed by atoms with Gasteiger partial charge in [-0.1, -0.05) is 13.8 Å². The maximum atomic E-state index is 11.0. The molecule has 0 aromatic rings. The first-order valence-corrected chi connectivity index (χ1v) is 5.22. The SMILES string of the molecule is CCNC(=O)CNCCOCC(C)C. The summed E-state index contributed by atoms with van der Waals surface area (Å²) in [5.74, 6) is 0.606. The highest BCUT2D eigenvalue weighted by Crippen LogP contribution is 1.90. The lowest BCUT2D eigenvalue weighted by Crippen LogP contribution is -2.35. The third-order valence-corrected chi connectivity index (χ3v) is 1.53. The van der Waals surface area contributed by atoms with Crippen molar-refractivity contribution in [3.63, 3.8) is 0 Å². The van der Waals surface area contributed by atoms with Crippen LogP contribution in [0.5, 0.6) is 0 Å². The molecule has 0 radical (unpaired) electrons. The Morgan fingerprint density at radius 2 is 2.14 bits per heavy atom. The molecule has 0 heterocycles. The van der Waals surface area contributed by atoms with E-state index in [0.717, 1.165) is 13.2 Å². The maximum Gasteiger partial charge on any atom is 0.233 e. The van der Waals surface area contributed by atoms with E-state index in [2.05, 4.69) is 24.5 Å². The summed E-state index contributed by atoms with van der Waals surface area (Å²) < 4.78 is 5.34. The van der Waals surface area contributed by atoms with Gasteiger partial charge in [0.1, 0.15) is 0 Å². The van der Waals surface area contributed by atoms with Crippen molar-refractivity contribution in [3.8, 4) is 0 Å². The van der Waals surface area contributed by atoms with Crippen molar-refractivity contribution in [3.05, 3.63) is 0 Å². The number of ether oxygens (including phenoxy) is 1. The van der Waals surface area contributed by atoms with Crippen LogP contribution >= 0.6 is 0 Å². The van der Waals surface area contributed by atoms with Gasteiger partial charge in [0.25, 0.3) is 0 Å². The molecule has 2 N–H and O–H groups in total. The van der Waals surface area contributed by atoms with E-state index in [4.69, 9.17) is 4.74 Å². The van der Waals surface area contributed by atoms with Crippen molar-refractivity contribution >= 4 is 5.91 Å². The van der Waals surface area contributed by atoms with Gasteiger partial charge in [-0.15, -0.1) is 0 Å². The van der Waals surface area contributed by atoms with Crippen LogP contribution in [0.3, 0.4) is 0 Å². The predicted molar refractivity (Wildman–Crippen MR) is 57.2 cm³/mol. The average Bonchev–Trinajstić information content (AvgIpc) is 2.11. The molecule has 0 rings (SSSR count). The van der Waals surface area contributed by atoms with Crippen LogP contribution in [0.2, 0.25) is 0 Å². The zero-order valence-corrected chi connectivity index (χ0v) is 9.43. The van der Waals surface area contributed by atoms with Gasteiger partial charge in [0.15, 0.2) is 0 Å². The van der Waals surface area contributed by atoms with Gasteiger partial charge in [-0.3, -0.25) is 4.79 Å². The number of hydrogen-bond donors (Lipinski definition) is 2. The summed E-state index contributed by atoms with van der Waals surface area (Å²) in [5.41, 5.74) is 0. The molecule has 0 aromatic heterocycles. The zero-order chi connectivity index (χ0) is 10.8. The van der Waals surface area contributed by atoms with Gasteiger partial charge in [0.2, 0.25) is 5.91 Å². The highest BCUT2D eigenvalue weighted by molar-refractivity contribution is 5.77. The minimum absolute atomic E-state index is 0.0383. The van der Waals surface area contributed by atoms with Gasteiger partial charge in [-0.25, -0.2) is 0 Å². The molecule has 0 spiro atoms. The largest absolute Gasteiger partial charge is 0.380 e. The predicted octanol–water partition coefficient (Wildman–Crippen LogP) is 0.385. The Hall–Kier alpha value is -0.610. The Labute approximate surface area is 86.4 Å². The molecule has 14 heavy (non-hydrogen) atoms. The van der Waals surface area contributed by atoms with Crippen LogP contribution in [0, 0.1) is 5.92 Å². The van der Waals surface area contributed by atoms with Gasteiger partial charge in [0.05, 0.1) is 13.2 Å². The van der Waals surface area contributed by atoms with Crippen molar-refractivity contribution in [1.82, 2.24) is 10.6 Å². The number of hydrogen-bond acceptors (Lipinski definition) is 3. The fourth-order valence-corrected chi connectivity index (χ4v) is 0.925. The quantitative estimate of drug-likeness (QED) is 0.560. The van der Waals surface area contributed by atoms with Gasteiger partial charge in [-0.05, 0) is 12.8 Å². The lowest BCUT2D eigenvalue weighted by Gasteiger charge is -2.07. The molecule has 1 amide bonds. The molecule has 0 aliphatic carbocycles. The third-order valence-electron chi connectivity index (χ3n) is 1.53. The lowest BCUT2D eigenvalue weighted by molar-refractivity contribution is -0.120. The van der Waals surface area contributed by atoms with Gasteiger partial charge in [-0.2, -0.15) is 0 Å². The molecule has 0 aliphatic rings. The van der Waals surface area contributed by atoms with Crippen LogP contribution in [0.4, 0.5) is 0 Å². The highest BCUT2D eigenvalue weighted by Gasteiger charge is 1.97. The van der Waals surface area contributed by atoms with Gasteiger partial charge in [0, 0.05) is 19.7 Å². The summed E-state index contributed by atoms with van der Waals surface area (Å²) in [6, 6.07) is 0. The Bertz CT molecular complexity index is 149. The molecule has 0 saturated carbocycles. The van der Waals surface area contributed by atoms with Crippen molar-refractivity contribution in [2.75, 3.05) is 32.8 Å². The normalized spacial score (nSPS) is 10.6. The second-order valence-corrected chi connectivity index (χ2v) is 3.60. The summed E-state index contributed by atoms with van der Waals surface area (Å²) in [6.07, 6.45) is 0. The number of nitrogens with one attached hydrogen (secondary N) is 2. The number of carbonyl (C=O) groups is 1. The molecule has 0 fully saturated rings. The topological polar surface area (TPSA) is 50.4 Å². The molecule has 0 saturated heterocycles. The van der Waals surface area contributed by atoms with Crippen molar-refractivity contribution in [1.29, 1.82) is 0 Å². The third kappa shape index (κ3) is 9.48. The Kier molecular flexibility index (Phi) is 8.57. The number of amides is 1. The first kappa shape index (κ1) is 13.4. The van der Waals surface area contributed by atoms with Crippen LogP contribution in [0.25, 0.3) is 0 Å². The van der Waals surface area contributed by atoms with E-state index in [1.54, 1.807) is 0 Å². The van der Waals surface area contributed by atoms with Crippen LogP contribution in [0.1, 0.15) is 20.8 Å². The van der Waals surface area contributed by atoms with E-state index in [9.17, 15) is 4.79 Å². The van der Waals surface area contributed by atoms with Gasteiger partial charge >= 0.3 is 0 Å². The number of rotatable bonds is 8. The minimum Gasteiger partial charge on any atom is -0.380 e. The monoisotopic (exact) mass is 202 g/mol. The fraction of sp³-hybridized carbons (Fsp3) is 0.900. The van der Waals surface area contributed by atoms with Crippen molar-refractivity contribution < 1.29 is 9.53 Å². The summed E-state index contributed by atoms with van der Waals surface area (Å²) in [7, 11) is 0. The molecular weight excluding hydrogens is 180 g/mol. The van der Waals surface area contributed by atoms with E-state index in [-0.39, 0.29) is 5.91 Å². The molecule has 4 heteroatoms. The number of likely N-dealkylation sites (N-methyl/N-ethyl adjacent to an activating group) is 1. The summed E-state index contributed by atoms with van der Waals surface area (Å²) in [4.78, 5) is 11.0. The molecular formula is C10H22N2O2. The average molecular weight is 202 g/mol. The summed E-state index contributed by atoms with van der Waals surface area (Å²) in [5, 5.41) is 5.72. The van der Waals surface area contributed by atoms with E-state index < -0.39 is 0 Å². The van der Waals surface area contributed by atoms with Crippen LogP contribution in [0.15, 0.2) is 0 Å². The van der Waals surface area contributed by atoms with Crippen molar-refractivity contribution in [2.24, 2.45) is 5.92 Å². The second-order valence-electron chi connectivity index (χ2n) is 3.60. The minimum atomic E-state index is 0.0383. The molecule has 0 aliphatic heterocycles. The van der Waals surface area contributed by atoms with E-state index in [0.29, 0.717) is 25.6 Å². The Balaban J connectivity index is 3.09. The molecule has 4 nitrogen and oxygen atoms in total. The van der Waals surface area contributed by atoms with Crippen LogP contribution < -0.4 is 10.6 Å². The smallest absolute Gasteiger partial charge is 0.233 e. The highest BCUT2D eigenvalue weighted by atomic mass is 16.5. The van der Waals surface area contributed by atoms with E-state index in [1.165, 1.54) is 0 Å². The van der Waals surface area contributed by atoms with Crippen LogP contribution in [-0.4, -0.2) is 38.8 Å². The molecule has 0 bridgehead atoms. The first-order chi connectivity index (χ1) is 6.66. The summed E-state index contributed by atoms with van der Waals surface area (Å²) >= 11 is 0. The van der Waals surface area contributed by atoms with E-state index in [1.807, 2.05) is 6.92 Å². The molecule has 0 aromatic carbocycles. The van der Waals surface area contributed by atoms with E-state index >= 15 is 0 Å². The van der Waals surface area contributed by atoms with Crippen molar-refractivity contribution in [2.45, 2.75) is 20.8 Å². The maximum absolute atomic E-state index is 11.0. The second kappa shape index (κ2) is 8.97. The fourth-order valence-electron chi connectivity index (χ4n) is 0.925. The Morgan fingerprint density at radius 1 is 1.43 bits per heavy atom. The first-order valence-electron chi connectivity index (χ1n) is 5.22. The zero-order valence-electron chi connectivity index (χ0n) is 9.43. The molecule has 0 atom stereocenters. The lowest BCUT2D eigenvalue weighted by atomic mass is 10.2. The Morgan fingerprint density at radius 3 is 2.71 bits per heavy atom.